The number of carbonyl (C=O) groups is 2. The summed E-state index contributed by atoms with van der Waals surface area (Å²) in [4.78, 5) is 29.5. The van der Waals surface area contributed by atoms with Crippen LogP contribution in [0.5, 0.6) is 11.5 Å². The van der Waals surface area contributed by atoms with Crippen molar-refractivity contribution < 1.29 is 33.0 Å². The maximum Gasteiger partial charge on any atom is 0.416 e. The van der Waals surface area contributed by atoms with Crippen molar-refractivity contribution in [1.82, 2.24) is 9.88 Å². The van der Waals surface area contributed by atoms with E-state index in [1.54, 1.807) is 24.3 Å². The van der Waals surface area contributed by atoms with E-state index in [9.17, 15) is 19.1 Å². The monoisotopic (exact) mass is 504 g/mol. The highest BCUT2D eigenvalue weighted by Gasteiger charge is 2.20. The Morgan fingerprint density at radius 1 is 1.00 bits per heavy atom. The highest BCUT2D eigenvalue weighted by atomic mass is 19.1. The lowest BCUT2D eigenvalue weighted by molar-refractivity contribution is -0.138. The van der Waals surface area contributed by atoms with E-state index in [0.717, 1.165) is 28.0 Å². The van der Waals surface area contributed by atoms with Gasteiger partial charge in [-0.3, -0.25) is 9.69 Å². The first kappa shape index (κ1) is 25.4. The first-order chi connectivity index (χ1) is 17.9. The van der Waals surface area contributed by atoms with E-state index in [1.165, 1.54) is 18.2 Å². The normalized spacial score (nSPS) is 10.6. The Morgan fingerprint density at radius 3 is 2.51 bits per heavy atom. The number of oxazole rings is 1. The van der Waals surface area contributed by atoms with Gasteiger partial charge < -0.3 is 19.0 Å². The Kier molecular flexibility index (Phi) is 8.15. The number of hydrogen-bond acceptors (Lipinski definition) is 6. The second-order valence-electron chi connectivity index (χ2n) is 8.21. The number of carbonyl (C=O) groups excluding carboxylic acids is 1. The summed E-state index contributed by atoms with van der Waals surface area (Å²) >= 11 is 0. The third kappa shape index (κ3) is 7.17. The van der Waals surface area contributed by atoms with Crippen LogP contribution in [0.2, 0.25) is 0 Å². The zero-order chi connectivity index (χ0) is 26.2. The maximum atomic E-state index is 13.4. The number of carboxylic acid groups (broad SMARTS) is 1. The minimum atomic E-state index is -1.21. The molecule has 0 radical (unpaired) electrons. The van der Waals surface area contributed by atoms with Crippen LogP contribution in [0.15, 0.2) is 83.3 Å². The molecule has 37 heavy (non-hydrogen) atoms. The fourth-order valence-electron chi connectivity index (χ4n) is 3.63. The summed E-state index contributed by atoms with van der Waals surface area (Å²) in [7, 11) is 0. The number of amides is 1. The van der Waals surface area contributed by atoms with Crippen LogP contribution in [0, 0.1) is 12.7 Å². The van der Waals surface area contributed by atoms with Gasteiger partial charge >= 0.3 is 12.1 Å². The minimum Gasteiger partial charge on any atom is -0.493 e. The summed E-state index contributed by atoms with van der Waals surface area (Å²) < 4.78 is 30.2. The molecule has 0 saturated heterocycles. The number of nitrogens with zero attached hydrogens (tertiary/aromatic N) is 2. The zero-order valence-corrected chi connectivity index (χ0v) is 20.1. The van der Waals surface area contributed by atoms with Gasteiger partial charge in [-0.05, 0) is 48.9 Å². The van der Waals surface area contributed by atoms with Crippen LogP contribution < -0.4 is 9.47 Å². The molecule has 4 rings (SSSR count). The standard InChI is InChI=1S/C28H25FN2O6/c1-19-25(30-27(36-19)21-8-3-2-4-9-21)13-14-35-23-11-5-7-20(15-23)17-31(18-26(32)33)28(34)37-24-12-6-10-22(29)16-24/h2-12,15-16H,13-14,17-18H2,1H3,(H,32,33). The third-order valence-electron chi connectivity index (χ3n) is 5.38. The van der Waals surface area contributed by atoms with Crippen molar-refractivity contribution in [1.29, 1.82) is 0 Å². The van der Waals surface area contributed by atoms with E-state index in [1.807, 2.05) is 37.3 Å². The third-order valence-corrected chi connectivity index (χ3v) is 5.38. The molecule has 8 nitrogen and oxygen atoms in total. The summed E-state index contributed by atoms with van der Waals surface area (Å²) in [5.74, 6) is 0.0290. The van der Waals surface area contributed by atoms with Gasteiger partial charge in [0.05, 0.1) is 12.3 Å². The second kappa shape index (κ2) is 11.9. The van der Waals surface area contributed by atoms with E-state index in [4.69, 9.17) is 13.9 Å². The Balaban J connectivity index is 1.37. The maximum absolute atomic E-state index is 13.4. The Hall–Kier alpha value is -4.66. The fourth-order valence-corrected chi connectivity index (χ4v) is 3.63. The average Bonchev–Trinajstić information content (AvgIpc) is 3.24. The number of halogens is 1. The molecule has 0 aliphatic carbocycles. The second-order valence-corrected chi connectivity index (χ2v) is 8.21. The van der Waals surface area contributed by atoms with Crippen molar-refractivity contribution in [2.75, 3.05) is 13.2 Å². The lowest BCUT2D eigenvalue weighted by atomic mass is 10.2. The molecule has 4 aromatic rings. The number of carboxylic acids is 1. The van der Waals surface area contributed by atoms with Crippen LogP contribution in [0.1, 0.15) is 17.0 Å². The number of aliphatic carboxylic acids is 1. The van der Waals surface area contributed by atoms with E-state index in [-0.39, 0.29) is 12.3 Å². The van der Waals surface area contributed by atoms with Crippen molar-refractivity contribution in [2.45, 2.75) is 19.9 Å². The number of hydrogen-bond donors (Lipinski definition) is 1. The van der Waals surface area contributed by atoms with Gasteiger partial charge in [0, 0.05) is 24.6 Å². The molecule has 1 heterocycles. The summed E-state index contributed by atoms with van der Waals surface area (Å²) in [6.07, 6.45) is -0.382. The molecule has 0 bridgehead atoms. The predicted octanol–water partition coefficient (Wildman–Crippen LogP) is 5.50. The fraction of sp³-hybridized carbons (Fsp3) is 0.179. The van der Waals surface area contributed by atoms with Crippen molar-refractivity contribution in [2.24, 2.45) is 0 Å². The Labute approximate surface area is 212 Å². The van der Waals surface area contributed by atoms with E-state index in [0.29, 0.717) is 30.2 Å². The molecular formula is C28H25FN2O6. The van der Waals surface area contributed by atoms with E-state index >= 15 is 0 Å². The van der Waals surface area contributed by atoms with Gasteiger partial charge in [-0.1, -0.05) is 36.4 Å². The Bertz CT molecular complexity index is 1370. The zero-order valence-electron chi connectivity index (χ0n) is 20.1. The smallest absolute Gasteiger partial charge is 0.416 e. The van der Waals surface area contributed by atoms with Crippen LogP contribution in [-0.2, 0) is 17.8 Å². The first-order valence-corrected chi connectivity index (χ1v) is 11.5. The molecule has 0 saturated carbocycles. The minimum absolute atomic E-state index is 0.0176. The molecule has 0 aliphatic heterocycles. The lowest BCUT2D eigenvalue weighted by Crippen LogP contribution is -2.37. The van der Waals surface area contributed by atoms with Crippen molar-refractivity contribution in [3.63, 3.8) is 0 Å². The average molecular weight is 505 g/mol. The van der Waals surface area contributed by atoms with Gasteiger partial charge in [0.25, 0.3) is 0 Å². The molecule has 0 unspecified atom stereocenters. The highest BCUT2D eigenvalue weighted by Crippen LogP contribution is 2.22. The number of aromatic nitrogens is 1. The number of ether oxygens (including phenoxy) is 2. The summed E-state index contributed by atoms with van der Waals surface area (Å²) in [6, 6.07) is 21.7. The largest absolute Gasteiger partial charge is 0.493 e. The van der Waals surface area contributed by atoms with Gasteiger partial charge in [0.2, 0.25) is 5.89 Å². The first-order valence-electron chi connectivity index (χ1n) is 11.5. The SMILES string of the molecule is Cc1oc(-c2ccccc2)nc1CCOc1cccc(CN(CC(=O)O)C(=O)Oc2cccc(F)c2)c1. The van der Waals surface area contributed by atoms with Gasteiger partial charge in [0.15, 0.2) is 0 Å². The molecule has 1 aromatic heterocycles. The van der Waals surface area contributed by atoms with Crippen molar-refractivity contribution in [3.05, 3.63) is 102 Å². The molecule has 0 aliphatic rings. The quantitative estimate of drug-likeness (QED) is 0.304. The number of rotatable bonds is 10. The number of aryl methyl sites for hydroxylation is 1. The highest BCUT2D eigenvalue weighted by molar-refractivity contribution is 5.78. The molecule has 1 amide bonds. The molecule has 1 N–H and O–H groups in total. The molecular weight excluding hydrogens is 479 g/mol. The summed E-state index contributed by atoms with van der Waals surface area (Å²) in [6.45, 7) is 1.57. The van der Waals surface area contributed by atoms with Crippen LogP contribution in [0.4, 0.5) is 9.18 Å². The van der Waals surface area contributed by atoms with Crippen molar-refractivity contribution in [3.8, 4) is 23.0 Å². The molecule has 0 fully saturated rings. The molecule has 3 aromatic carbocycles. The molecule has 9 heteroatoms. The predicted molar refractivity (Wildman–Crippen MR) is 133 cm³/mol. The van der Waals surface area contributed by atoms with Gasteiger partial charge in [0.1, 0.15) is 29.6 Å². The van der Waals surface area contributed by atoms with Crippen LogP contribution in [0.3, 0.4) is 0 Å². The lowest BCUT2D eigenvalue weighted by Gasteiger charge is -2.20. The topological polar surface area (TPSA) is 102 Å². The summed E-state index contributed by atoms with van der Waals surface area (Å²) in [5.41, 5.74) is 2.33. The van der Waals surface area contributed by atoms with Gasteiger partial charge in [-0.25, -0.2) is 14.2 Å². The van der Waals surface area contributed by atoms with Gasteiger partial charge in [-0.2, -0.15) is 0 Å². The van der Waals surface area contributed by atoms with Crippen LogP contribution in [0.25, 0.3) is 11.5 Å². The van der Waals surface area contributed by atoms with Crippen LogP contribution >= 0.6 is 0 Å². The van der Waals surface area contributed by atoms with Crippen molar-refractivity contribution >= 4 is 12.1 Å². The molecule has 190 valence electrons. The molecule has 0 spiro atoms. The van der Waals surface area contributed by atoms with Crippen LogP contribution in [-0.4, -0.2) is 40.2 Å². The Morgan fingerprint density at radius 2 is 1.76 bits per heavy atom. The number of benzene rings is 3. The van der Waals surface area contributed by atoms with E-state index < -0.39 is 24.4 Å². The summed E-state index contributed by atoms with van der Waals surface area (Å²) in [5, 5.41) is 9.25. The van der Waals surface area contributed by atoms with Gasteiger partial charge in [-0.15, -0.1) is 0 Å². The molecule has 0 atom stereocenters. The van der Waals surface area contributed by atoms with E-state index in [2.05, 4.69) is 4.98 Å².